The van der Waals surface area contributed by atoms with Crippen LogP contribution in [0.4, 0.5) is 5.69 Å². The lowest BCUT2D eigenvalue weighted by Crippen LogP contribution is -2.07. The quantitative estimate of drug-likeness (QED) is 0.385. The van der Waals surface area contributed by atoms with Crippen molar-refractivity contribution in [1.82, 2.24) is 4.57 Å². The highest BCUT2D eigenvalue weighted by atomic mass is 16.6. The predicted molar refractivity (Wildman–Crippen MR) is 98.6 cm³/mol. The summed E-state index contributed by atoms with van der Waals surface area (Å²) in [4.78, 5) is 23.2. The van der Waals surface area contributed by atoms with Crippen LogP contribution in [0.25, 0.3) is 16.9 Å². The number of ether oxygens (including phenoxy) is 1. The van der Waals surface area contributed by atoms with Crippen LogP contribution in [0, 0.1) is 17.0 Å². The van der Waals surface area contributed by atoms with Crippen LogP contribution >= 0.6 is 0 Å². The van der Waals surface area contributed by atoms with Crippen molar-refractivity contribution >= 4 is 11.7 Å². The average molecular weight is 350 g/mol. The fourth-order valence-electron chi connectivity index (χ4n) is 2.96. The van der Waals surface area contributed by atoms with Gasteiger partial charge in [-0.25, -0.2) is 4.79 Å². The normalized spacial score (nSPS) is 10.5. The highest BCUT2D eigenvalue weighted by molar-refractivity contribution is 5.97. The Labute approximate surface area is 150 Å². The number of nitro benzene ring substituents is 1. The van der Waals surface area contributed by atoms with Crippen LogP contribution in [0.1, 0.15) is 23.0 Å². The van der Waals surface area contributed by atoms with Crippen LogP contribution in [0.15, 0.2) is 60.7 Å². The second-order valence-electron chi connectivity index (χ2n) is 5.75. The Morgan fingerprint density at radius 1 is 1.12 bits per heavy atom. The summed E-state index contributed by atoms with van der Waals surface area (Å²) in [5, 5.41) is 11.1. The number of carbonyl (C=O) groups is 1. The van der Waals surface area contributed by atoms with Gasteiger partial charge in [0.15, 0.2) is 0 Å². The van der Waals surface area contributed by atoms with Crippen LogP contribution in [0.3, 0.4) is 0 Å². The first-order valence-corrected chi connectivity index (χ1v) is 8.22. The second kappa shape index (κ2) is 7.23. The maximum absolute atomic E-state index is 12.5. The van der Waals surface area contributed by atoms with E-state index in [9.17, 15) is 14.9 Å². The number of non-ortho nitro benzene ring substituents is 1. The molecule has 1 aromatic heterocycles. The molecule has 0 N–H and O–H groups in total. The molecule has 1 heterocycles. The van der Waals surface area contributed by atoms with Crippen molar-refractivity contribution in [3.8, 4) is 16.9 Å². The Kier molecular flexibility index (Phi) is 4.84. The fourth-order valence-corrected chi connectivity index (χ4v) is 2.96. The van der Waals surface area contributed by atoms with Crippen LogP contribution < -0.4 is 0 Å². The zero-order chi connectivity index (χ0) is 18.7. The molecule has 132 valence electrons. The summed E-state index contributed by atoms with van der Waals surface area (Å²) in [5.41, 5.74) is 3.31. The van der Waals surface area contributed by atoms with Gasteiger partial charge in [-0.05, 0) is 31.5 Å². The van der Waals surface area contributed by atoms with Gasteiger partial charge in [-0.15, -0.1) is 0 Å². The van der Waals surface area contributed by atoms with Crippen molar-refractivity contribution < 1.29 is 14.5 Å². The number of nitro groups is 1. The van der Waals surface area contributed by atoms with Gasteiger partial charge in [-0.3, -0.25) is 10.1 Å². The second-order valence-corrected chi connectivity index (χ2v) is 5.75. The van der Waals surface area contributed by atoms with Crippen LogP contribution in [0.2, 0.25) is 0 Å². The molecule has 3 aromatic rings. The number of hydrogen-bond donors (Lipinski definition) is 0. The van der Waals surface area contributed by atoms with Crippen LogP contribution in [-0.2, 0) is 4.74 Å². The van der Waals surface area contributed by atoms with E-state index in [2.05, 4.69) is 0 Å². The molecule has 0 amide bonds. The third kappa shape index (κ3) is 3.21. The maximum Gasteiger partial charge on any atom is 0.340 e. The molecule has 0 bridgehead atoms. The molecule has 0 atom stereocenters. The Hall–Kier alpha value is -3.41. The lowest BCUT2D eigenvalue weighted by Gasteiger charge is -2.13. The Morgan fingerprint density at radius 3 is 2.50 bits per heavy atom. The molecule has 0 aliphatic rings. The molecule has 0 saturated heterocycles. The van der Waals surface area contributed by atoms with Gasteiger partial charge in [0.1, 0.15) is 0 Å². The standard InChI is InChI=1S/C20H18N2O4/c1-3-26-20(23)18-12-14(2)21(19(18)15-8-5-4-6-9-15)16-10-7-11-17(13-16)22(24)25/h4-13H,3H2,1-2H3. The van der Waals surface area contributed by atoms with E-state index in [-0.39, 0.29) is 12.3 Å². The van der Waals surface area contributed by atoms with Gasteiger partial charge < -0.3 is 9.30 Å². The molecule has 0 unspecified atom stereocenters. The van der Waals surface area contributed by atoms with Gasteiger partial charge >= 0.3 is 5.97 Å². The van der Waals surface area contributed by atoms with Crippen molar-refractivity contribution in [2.24, 2.45) is 0 Å². The summed E-state index contributed by atoms with van der Waals surface area (Å²) in [6.07, 6.45) is 0. The minimum absolute atomic E-state index is 0.00713. The van der Waals surface area contributed by atoms with Gasteiger partial charge in [0.25, 0.3) is 5.69 Å². The number of nitrogens with zero attached hydrogens (tertiary/aromatic N) is 2. The van der Waals surface area contributed by atoms with E-state index in [1.807, 2.05) is 41.8 Å². The van der Waals surface area contributed by atoms with Gasteiger partial charge in [-0.2, -0.15) is 0 Å². The largest absolute Gasteiger partial charge is 0.462 e. The molecule has 0 aliphatic heterocycles. The van der Waals surface area contributed by atoms with E-state index >= 15 is 0 Å². The minimum atomic E-state index is -0.434. The lowest BCUT2D eigenvalue weighted by molar-refractivity contribution is -0.384. The molecule has 0 aliphatic carbocycles. The van der Waals surface area contributed by atoms with Crippen molar-refractivity contribution in [3.05, 3.63) is 82.0 Å². The molecule has 6 heteroatoms. The molecule has 0 saturated carbocycles. The number of benzene rings is 2. The summed E-state index contributed by atoms with van der Waals surface area (Å²) in [6, 6.07) is 17.5. The monoisotopic (exact) mass is 350 g/mol. The summed E-state index contributed by atoms with van der Waals surface area (Å²) in [7, 11) is 0. The summed E-state index contributed by atoms with van der Waals surface area (Å²) in [6.45, 7) is 3.88. The number of aromatic nitrogens is 1. The highest BCUT2D eigenvalue weighted by Gasteiger charge is 2.22. The molecule has 0 spiro atoms. The number of esters is 1. The molecular weight excluding hydrogens is 332 g/mol. The highest BCUT2D eigenvalue weighted by Crippen LogP contribution is 2.32. The molecule has 0 radical (unpaired) electrons. The van der Waals surface area contributed by atoms with E-state index in [4.69, 9.17) is 4.74 Å². The number of aryl methyl sites for hydroxylation is 1. The van der Waals surface area contributed by atoms with Crippen LogP contribution in [-0.4, -0.2) is 22.1 Å². The Bertz CT molecular complexity index is 961. The summed E-state index contributed by atoms with van der Waals surface area (Å²) in [5.74, 6) is -0.418. The maximum atomic E-state index is 12.5. The third-order valence-electron chi connectivity index (χ3n) is 4.03. The molecule has 26 heavy (non-hydrogen) atoms. The lowest BCUT2D eigenvalue weighted by atomic mass is 10.1. The van der Waals surface area contributed by atoms with E-state index in [1.54, 1.807) is 25.1 Å². The predicted octanol–water partition coefficient (Wildman–Crippen LogP) is 4.54. The fraction of sp³-hybridized carbons (Fsp3) is 0.150. The van der Waals surface area contributed by atoms with E-state index in [0.29, 0.717) is 16.9 Å². The molecule has 2 aromatic carbocycles. The van der Waals surface area contributed by atoms with E-state index < -0.39 is 10.9 Å². The van der Waals surface area contributed by atoms with Crippen LogP contribution in [0.5, 0.6) is 0 Å². The van der Waals surface area contributed by atoms with Crippen molar-refractivity contribution in [2.45, 2.75) is 13.8 Å². The smallest absolute Gasteiger partial charge is 0.340 e. The first-order valence-electron chi connectivity index (χ1n) is 8.22. The molecule has 6 nitrogen and oxygen atoms in total. The SMILES string of the molecule is CCOC(=O)c1cc(C)n(-c2cccc([N+](=O)[O-])c2)c1-c1ccccc1. The third-order valence-corrected chi connectivity index (χ3v) is 4.03. The van der Waals surface area contributed by atoms with Gasteiger partial charge in [-0.1, -0.05) is 36.4 Å². The Balaban J connectivity index is 2.27. The van der Waals surface area contributed by atoms with Gasteiger partial charge in [0, 0.05) is 17.8 Å². The first-order chi connectivity index (χ1) is 12.5. The van der Waals surface area contributed by atoms with Crippen molar-refractivity contribution in [2.75, 3.05) is 6.61 Å². The zero-order valence-corrected chi connectivity index (χ0v) is 14.5. The first kappa shape index (κ1) is 17.4. The Morgan fingerprint density at radius 2 is 1.85 bits per heavy atom. The minimum Gasteiger partial charge on any atom is -0.462 e. The average Bonchev–Trinajstić information content (AvgIpc) is 3.00. The molecule has 0 fully saturated rings. The van der Waals surface area contributed by atoms with Crippen molar-refractivity contribution in [1.29, 1.82) is 0 Å². The van der Waals surface area contributed by atoms with Crippen molar-refractivity contribution in [3.63, 3.8) is 0 Å². The van der Waals surface area contributed by atoms with Gasteiger partial charge in [0.2, 0.25) is 0 Å². The number of hydrogen-bond acceptors (Lipinski definition) is 4. The number of rotatable bonds is 5. The van der Waals surface area contributed by atoms with E-state index in [1.165, 1.54) is 12.1 Å². The summed E-state index contributed by atoms with van der Waals surface area (Å²) >= 11 is 0. The van der Waals surface area contributed by atoms with Gasteiger partial charge in [0.05, 0.1) is 28.5 Å². The zero-order valence-electron chi connectivity index (χ0n) is 14.5. The molecular formula is C20H18N2O4. The summed E-state index contributed by atoms with van der Waals surface area (Å²) < 4.78 is 7.04. The molecule has 3 rings (SSSR count). The topological polar surface area (TPSA) is 74.4 Å². The van der Waals surface area contributed by atoms with E-state index in [0.717, 1.165) is 11.3 Å². The number of carbonyl (C=O) groups excluding carboxylic acids is 1.